The van der Waals surface area contributed by atoms with Crippen LogP contribution in [0.15, 0.2) is 84.0 Å². The number of para-hydroxylation sites is 1. The number of methoxy groups -OCH3 is 1. The molecule has 1 heterocycles. The molecule has 0 amide bonds. The molecule has 1 atom stereocenters. The highest BCUT2D eigenvalue weighted by Crippen LogP contribution is 2.43. The van der Waals surface area contributed by atoms with Crippen molar-refractivity contribution in [1.82, 2.24) is 0 Å². The smallest absolute Gasteiger partial charge is 0.418 e. The minimum atomic E-state index is -4.47. The highest BCUT2D eigenvalue weighted by atomic mass is 19.4. The Morgan fingerprint density at radius 2 is 1.55 bits per heavy atom. The largest absolute Gasteiger partial charge is 0.497 e. The summed E-state index contributed by atoms with van der Waals surface area (Å²) in [5.74, 6) is 0.693. The number of hydrogen-bond donors (Lipinski definition) is 0. The van der Waals surface area contributed by atoms with Crippen molar-refractivity contribution in [2.45, 2.75) is 18.6 Å². The van der Waals surface area contributed by atoms with Crippen molar-refractivity contribution in [2.24, 2.45) is 5.10 Å². The van der Waals surface area contributed by atoms with Gasteiger partial charge in [0.1, 0.15) is 5.75 Å². The van der Waals surface area contributed by atoms with Crippen LogP contribution >= 0.6 is 0 Å². The van der Waals surface area contributed by atoms with Crippen LogP contribution in [0.4, 0.5) is 18.9 Å². The Kier molecular flexibility index (Phi) is 5.01. The summed E-state index contributed by atoms with van der Waals surface area (Å²) >= 11 is 0. The van der Waals surface area contributed by atoms with Crippen LogP contribution < -0.4 is 9.75 Å². The third kappa shape index (κ3) is 3.83. The molecule has 0 aromatic heterocycles. The second-order valence-electron chi connectivity index (χ2n) is 6.77. The summed E-state index contributed by atoms with van der Waals surface area (Å²) in [6.07, 6.45) is -3.96. The number of halogens is 3. The van der Waals surface area contributed by atoms with Crippen LogP contribution in [0.5, 0.6) is 5.75 Å². The van der Waals surface area contributed by atoms with Crippen molar-refractivity contribution >= 4 is 11.4 Å². The molecule has 1 aliphatic rings. The molecule has 0 saturated heterocycles. The average molecular weight is 396 g/mol. The van der Waals surface area contributed by atoms with Crippen molar-refractivity contribution in [2.75, 3.05) is 12.1 Å². The lowest BCUT2D eigenvalue weighted by Crippen LogP contribution is -2.22. The van der Waals surface area contributed by atoms with Crippen molar-refractivity contribution in [3.05, 3.63) is 95.6 Å². The topological polar surface area (TPSA) is 24.8 Å². The summed E-state index contributed by atoms with van der Waals surface area (Å²) in [6.45, 7) is 0. The fourth-order valence-corrected chi connectivity index (χ4v) is 3.54. The van der Waals surface area contributed by atoms with Crippen LogP contribution in [0.25, 0.3) is 0 Å². The van der Waals surface area contributed by atoms with E-state index in [4.69, 9.17) is 4.74 Å². The van der Waals surface area contributed by atoms with E-state index >= 15 is 0 Å². The van der Waals surface area contributed by atoms with Gasteiger partial charge < -0.3 is 4.74 Å². The van der Waals surface area contributed by atoms with Crippen LogP contribution in [-0.4, -0.2) is 12.8 Å². The molecule has 3 aromatic rings. The third-order valence-electron chi connectivity index (χ3n) is 4.97. The van der Waals surface area contributed by atoms with Gasteiger partial charge in [-0.2, -0.15) is 18.3 Å². The zero-order valence-corrected chi connectivity index (χ0v) is 15.7. The van der Waals surface area contributed by atoms with E-state index in [9.17, 15) is 13.2 Å². The predicted molar refractivity (Wildman–Crippen MR) is 107 cm³/mol. The van der Waals surface area contributed by atoms with Crippen LogP contribution in [0.2, 0.25) is 0 Å². The molecule has 0 bridgehead atoms. The molecule has 4 rings (SSSR count). The van der Waals surface area contributed by atoms with E-state index in [1.165, 1.54) is 17.1 Å². The van der Waals surface area contributed by atoms with Crippen molar-refractivity contribution in [1.29, 1.82) is 0 Å². The molecule has 0 radical (unpaired) electrons. The molecule has 6 heteroatoms. The van der Waals surface area contributed by atoms with E-state index in [0.29, 0.717) is 12.2 Å². The highest BCUT2D eigenvalue weighted by Gasteiger charge is 2.38. The third-order valence-corrected chi connectivity index (χ3v) is 4.97. The van der Waals surface area contributed by atoms with Gasteiger partial charge in [0.25, 0.3) is 0 Å². The molecule has 3 aromatic carbocycles. The van der Waals surface area contributed by atoms with Gasteiger partial charge >= 0.3 is 6.18 Å². The minimum absolute atomic E-state index is 0.0479. The fraction of sp³-hybridized carbons (Fsp3) is 0.174. The Labute approximate surface area is 167 Å². The summed E-state index contributed by atoms with van der Waals surface area (Å²) in [5, 5.41) is 6.11. The monoisotopic (exact) mass is 396 g/mol. The maximum absolute atomic E-state index is 13.7. The summed E-state index contributed by atoms with van der Waals surface area (Å²) in [6, 6.07) is 22.1. The average Bonchev–Trinajstić information content (AvgIpc) is 3.19. The van der Waals surface area contributed by atoms with Crippen molar-refractivity contribution < 1.29 is 17.9 Å². The lowest BCUT2D eigenvalue weighted by Gasteiger charge is -2.26. The quantitative estimate of drug-likeness (QED) is 0.535. The number of benzene rings is 3. The van der Waals surface area contributed by atoms with Crippen LogP contribution in [0.1, 0.15) is 29.2 Å². The molecular formula is C23H19F3N2O. The number of ether oxygens (including phenoxy) is 1. The van der Waals surface area contributed by atoms with Gasteiger partial charge in [0.05, 0.1) is 30.1 Å². The summed E-state index contributed by atoms with van der Waals surface area (Å²) in [4.78, 5) is 0. The van der Waals surface area contributed by atoms with E-state index in [1.807, 2.05) is 54.6 Å². The normalized spacial score (nSPS) is 16.6. The standard InChI is InChI=1S/C23H19F3N2O/c1-29-18-13-11-17(12-14-18)22-15-20(16-7-3-2-4-8-16)27-28(22)21-10-6-5-9-19(21)23(24,25)26/h2-14,22H,15H2,1H3/t22-/m1/s1. The van der Waals surface area contributed by atoms with E-state index in [1.54, 1.807) is 13.2 Å². The van der Waals surface area contributed by atoms with Crippen LogP contribution in [0, 0.1) is 0 Å². The first-order chi connectivity index (χ1) is 14.0. The number of hydrazone groups is 1. The maximum Gasteiger partial charge on any atom is 0.418 e. The molecule has 0 N–H and O–H groups in total. The zero-order valence-electron chi connectivity index (χ0n) is 15.7. The number of alkyl halides is 3. The summed E-state index contributed by atoms with van der Waals surface area (Å²) in [5.41, 5.74) is 1.88. The Bertz CT molecular complexity index is 1010. The Morgan fingerprint density at radius 3 is 2.21 bits per heavy atom. The number of hydrogen-bond acceptors (Lipinski definition) is 3. The summed E-state index contributed by atoms with van der Waals surface area (Å²) < 4.78 is 46.2. The van der Waals surface area contributed by atoms with E-state index in [-0.39, 0.29) is 11.7 Å². The van der Waals surface area contributed by atoms with Crippen molar-refractivity contribution in [3.8, 4) is 5.75 Å². The highest BCUT2D eigenvalue weighted by molar-refractivity contribution is 6.03. The molecule has 29 heavy (non-hydrogen) atoms. The molecule has 0 aliphatic carbocycles. The molecule has 1 aliphatic heterocycles. The molecule has 0 spiro atoms. The van der Waals surface area contributed by atoms with E-state index < -0.39 is 11.7 Å². The van der Waals surface area contributed by atoms with Gasteiger partial charge in [-0.15, -0.1) is 0 Å². The molecular weight excluding hydrogens is 377 g/mol. The molecule has 3 nitrogen and oxygen atoms in total. The number of nitrogens with zero attached hydrogens (tertiary/aromatic N) is 2. The van der Waals surface area contributed by atoms with Gasteiger partial charge in [-0.1, -0.05) is 54.6 Å². The van der Waals surface area contributed by atoms with Crippen molar-refractivity contribution in [3.63, 3.8) is 0 Å². The molecule has 0 saturated carbocycles. The van der Waals surface area contributed by atoms with Gasteiger partial charge in [0, 0.05) is 6.42 Å². The van der Waals surface area contributed by atoms with Crippen LogP contribution in [0.3, 0.4) is 0 Å². The first-order valence-electron chi connectivity index (χ1n) is 9.19. The Hall–Kier alpha value is -3.28. The lowest BCUT2D eigenvalue weighted by molar-refractivity contribution is -0.137. The second-order valence-corrected chi connectivity index (χ2v) is 6.77. The molecule has 0 fully saturated rings. The minimum Gasteiger partial charge on any atom is -0.497 e. The first kappa shape index (κ1) is 19.1. The Balaban J connectivity index is 1.81. The van der Waals surface area contributed by atoms with Gasteiger partial charge in [-0.3, -0.25) is 5.01 Å². The maximum atomic E-state index is 13.7. The van der Waals surface area contributed by atoms with Gasteiger partial charge in [0.15, 0.2) is 0 Å². The van der Waals surface area contributed by atoms with E-state index in [0.717, 1.165) is 22.9 Å². The van der Waals surface area contributed by atoms with Gasteiger partial charge in [-0.25, -0.2) is 0 Å². The fourth-order valence-electron chi connectivity index (χ4n) is 3.54. The predicted octanol–water partition coefficient (Wildman–Crippen LogP) is 6.07. The first-order valence-corrected chi connectivity index (χ1v) is 9.19. The lowest BCUT2D eigenvalue weighted by atomic mass is 9.97. The Morgan fingerprint density at radius 1 is 0.897 bits per heavy atom. The van der Waals surface area contributed by atoms with Gasteiger partial charge in [-0.05, 0) is 35.4 Å². The zero-order chi connectivity index (χ0) is 20.4. The number of anilines is 1. The van der Waals surface area contributed by atoms with Crippen LogP contribution in [-0.2, 0) is 6.18 Å². The SMILES string of the molecule is COc1ccc([C@H]2CC(c3ccccc3)=NN2c2ccccc2C(F)(F)F)cc1. The molecule has 0 unspecified atom stereocenters. The number of rotatable bonds is 4. The summed E-state index contributed by atoms with van der Waals surface area (Å²) in [7, 11) is 1.58. The molecule has 148 valence electrons. The second kappa shape index (κ2) is 7.62. The van der Waals surface area contributed by atoms with E-state index in [2.05, 4.69) is 5.10 Å². The van der Waals surface area contributed by atoms with Gasteiger partial charge in [0.2, 0.25) is 0 Å².